The molecule has 110 valence electrons. The number of hydrogen-bond donors (Lipinski definition) is 1. The fraction of sp³-hybridized carbons (Fsp3) is 0.0769. The average molecular weight is 333 g/mol. The highest BCUT2D eigenvalue weighted by atomic mass is 35.5. The van der Waals surface area contributed by atoms with E-state index in [2.05, 4.69) is 5.32 Å². The van der Waals surface area contributed by atoms with E-state index in [4.69, 9.17) is 23.2 Å². The van der Waals surface area contributed by atoms with Gasteiger partial charge in [0.25, 0.3) is 5.69 Å². The van der Waals surface area contributed by atoms with Crippen LogP contribution in [-0.2, 0) is 6.54 Å². The summed E-state index contributed by atoms with van der Waals surface area (Å²) in [4.78, 5) is 10.2. The van der Waals surface area contributed by atoms with Crippen molar-refractivity contribution in [3.05, 3.63) is 67.7 Å². The summed E-state index contributed by atoms with van der Waals surface area (Å²) in [5, 5.41) is 13.3. The van der Waals surface area contributed by atoms with Crippen molar-refractivity contribution in [2.24, 2.45) is 0 Å². The molecule has 0 amide bonds. The number of benzene rings is 2. The van der Waals surface area contributed by atoms with Crippen molar-refractivity contribution < 1.29 is 13.7 Å². The smallest absolute Gasteiger partial charge is 0.295 e. The second kappa shape index (κ2) is 6.24. The van der Waals surface area contributed by atoms with Gasteiger partial charge in [-0.15, -0.1) is 0 Å². The molecule has 0 heterocycles. The van der Waals surface area contributed by atoms with Crippen LogP contribution in [0.3, 0.4) is 0 Å². The summed E-state index contributed by atoms with van der Waals surface area (Å²) in [5.41, 5.74) is 0.230. The van der Waals surface area contributed by atoms with E-state index in [0.717, 1.165) is 12.1 Å². The van der Waals surface area contributed by atoms with Crippen LogP contribution in [0.4, 0.5) is 20.2 Å². The van der Waals surface area contributed by atoms with Crippen molar-refractivity contribution in [3.63, 3.8) is 0 Å². The third-order valence-corrected chi connectivity index (χ3v) is 3.28. The Balaban J connectivity index is 2.24. The molecule has 0 spiro atoms. The van der Waals surface area contributed by atoms with Crippen LogP contribution in [-0.4, -0.2) is 4.92 Å². The highest BCUT2D eigenvalue weighted by Crippen LogP contribution is 2.30. The molecule has 2 aromatic carbocycles. The van der Waals surface area contributed by atoms with Crippen molar-refractivity contribution in [2.45, 2.75) is 6.54 Å². The first-order chi connectivity index (χ1) is 9.88. The first-order valence-electron chi connectivity index (χ1n) is 5.69. The van der Waals surface area contributed by atoms with Crippen LogP contribution < -0.4 is 5.32 Å². The maximum atomic E-state index is 13.3. The molecule has 0 saturated carbocycles. The molecule has 0 aliphatic heterocycles. The van der Waals surface area contributed by atoms with E-state index in [1.165, 1.54) is 18.2 Å². The standard InChI is InChI=1S/C13H8Cl2F2N2O2/c14-8-3-7(1-2-10(8)16)6-18-12-4-9(15)11(17)5-13(12)19(20)21/h1-5,18H,6H2. The van der Waals surface area contributed by atoms with Crippen LogP contribution in [0.5, 0.6) is 0 Å². The lowest BCUT2D eigenvalue weighted by Gasteiger charge is -2.09. The zero-order chi connectivity index (χ0) is 15.6. The van der Waals surface area contributed by atoms with Gasteiger partial charge < -0.3 is 5.32 Å². The van der Waals surface area contributed by atoms with Crippen LogP contribution in [0.15, 0.2) is 30.3 Å². The predicted octanol–water partition coefficient (Wildman–Crippen LogP) is 4.79. The molecule has 0 fully saturated rings. The minimum Gasteiger partial charge on any atom is -0.375 e. The van der Waals surface area contributed by atoms with Gasteiger partial charge in [0, 0.05) is 6.54 Å². The van der Waals surface area contributed by atoms with E-state index in [-0.39, 0.29) is 22.3 Å². The van der Waals surface area contributed by atoms with Crippen LogP contribution >= 0.6 is 23.2 Å². The van der Waals surface area contributed by atoms with Crippen LogP contribution in [0.25, 0.3) is 0 Å². The fourth-order valence-electron chi connectivity index (χ4n) is 1.68. The summed E-state index contributed by atoms with van der Waals surface area (Å²) in [6, 6.07) is 5.92. The molecule has 0 saturated heterocycles. The van der Waals surface area contributed by atoms with Gasteiger partial charge in [0.2, 0.25) is 0 Å². The van der Waals surface area contributed by atoms with Gasteiger partial charge in [-0.1, -0.05) is 29.3 Å². The van der Waals surface area contributed by atoms with Gasteiger partial charge in [0.05, 0.1) is 21.0 Å². The number of anilines is 1. The second-order valence-corrected chi connectivity index (χ2v) is 4.96. The van der Waals surface area contributed by atoms with E-state index < -0.39 is 22.2 Å². The van der Waals surface area contributed by atoms with Crippen molar-refractivity contribution >= 4 is 34.6 Å². The fourth-order valence-corrected chi connectivity index (χ4v) is 2.04. The Morgan fingerprint density at radius 3 is 2.38 bits per heavy atom. The molecule has 8 heteroatoms. The Labute approximate surface area is 128 Å². The molecule has 1 N–H and O–H groups in total. The second-order valence-electron chi connectivity index (χ2n) is 4.14. The van der Waals surface area contributed by atoms with Gasteiger partial charge in [-0.3, -0.25) is 10.1 Å². The van der Waals surface area contributed by atoms with Gasteiger partial charge in [-0.2, -0.15) is 0 Å². The van der Waals surface area contributed by atoms with E-state index in [9.17, 15) is 18.9 Å². The van der Waals surface area contributed by atoms with E-state index in [0.29, 0.717) is 5.56 Å². The Morgan fingerprint density at radius 2 is 1.76 bits per heavy atom. The summed E-state index contributed by atoms with van der Waals surface area (Å²) in [6.45, 7) is 0.142. The lowest BCUT2D eigenvalue weighted by Crippen LogP contribution is -2.03. The topological polar surface area (TPSA) is 55.2 Å². The number of hydrogen-bond acceptors (Lipinski definition) is 3. The average Bonchev–Trinajstić information content (AvgIpc) is 2.43. The van der Waals surface area contributed by atoms with E-state index in [1.807, 2.05) is 0 Å². The SMILES string of the molecule is O=[N+]([O-])c1cc(F)c(Cl)cc1NCc1ccc(F)c(Cl)c1. The first kappa shape index (κ1) is 15.5. The number of nitrogens with zero attached hydrogens (tertiary/aromatic N) is 1. The molecular formula is C13H8Cl2F2N2O2. The molecule has 0 aliphatic rings. The lowest BCUT2D eigenvalue weighted by atomic mass is 10.2. The molecule has 0 bridgehead atoms. The highest BCUT2D eigenvalue weighted by Gasteiger charge is 2.17. The molecule has 21 heavy (non-hydrogen) atoms. The summed E-state index contributed by atoms with van der Waals surface area (Å²) in [7, 11) is 0. The molecule has 2 aromatic rings. The van der Waals surface area contributed by atoms with Crippen molar-refractivity contribution in [1.29, 1.82) is 0 Å². The third-order valence-electron chi connectivity index (χ3n) is 2.70. The summed E-state index contributed by atoms with van der Waals surface area (Å²) >= 11 is 11.3. The Morgan fingerprint density at radius 1 is 1.10 bits per heavy atom. The van der Waals surface area contributed by atoms with E-state index in [1.54, 1.807) is 0 Å². The monoisotopic (exact) mass is 332 g/mol. The Bertz CT molecular complexity index is 711. The molecular weight excluding hydrogens is 325 g/mol. The molecule has 2 rings (SSSR count). The molecule has 0 unspecified atom stereocenters. The van der Waals surface area contributed by atoms with Crippen LogP contribution in [0, 0.1) is 21.7 Å². The summed E-state index contributed by atoms with van der Waals surface area (Å²) < 4.78 is 26.3. The van der Waals surface area contributed by atoms with Crippen molar-refractivity contribution in [1.82, 2.24) is 0 Å². The van der Waals surface area contributed by atoms with Crippen LogP contribution in [0.1, 0.15) is 5.56 Å². The number of rotatable bonds is 4. The van der Waals surface area contributed by atoms with Gasteiger partial charge >= 0.3 is 0 Å². The van der Waals surface area contributed by atoms with Gasteiger partial charge in [-0.25, -0.2) is 8.78 Å². The van der Waals surface area contributed by atoms with E-state index >= 15 is 0 Å². The zero-order valence-corrected chi connectivity index (χ0v) is 11.9. The summed E-state index contributed by atoms with van der Waals surface area (Å²) in [5.74, 6) is -1.44. The van der Waals surface area contributed by atoms with Gasteiger partial charge in [0.1, 0.15) is 17.3 Å². The maximum absolute atomic E-state index is 13.3. The van der Waals surface area contributed by atoms with Crippen LogP contribution in [0.2, 0.25) is 10.0 Å². The first-order valence-corrected chi connectivity index (χ1v) is 6.45. The predicted molar refractivity (Wildman–Crippen MR) is 76.8 cm³/mol. The lowest BCUT2D eigenvalue weighted by molar-refractivity contribution is -0.384. The normalized spacial score (nSPS) is 10.5. The number of nitrogens with one attached hydrogen (secondary N) is 1. The Hall–Kier alpha value is -1.92. The minimum absolute atomic E-state index is 0.0547. The molecule has 4 nitrogen and oxygen atoms in total. The van der Waals surface area contributed by atoms with Gasteiger partial charge in [-0.05, 0) is 23.8 Å². The molecule has 0 atom stereocenters. The van der Waals surface area contributed by atoms with Crippen molar-refractivity contribution in [3.8, 4) is 0 Å². The number of halogens is 4. The minimum atomic E-state index is -0.876. The number of nitro groups is 1. The maximum Gasteiger partial charge on any atom is 0.295 e. The largest absolute Gasteiger partial charge is 0.375 e. The summed E-state index contributed by atoms with van der Waals surface area (Å²) in [6.07, 6.45) is 0. The molecule has 0 radical (unpaired) electrons. The van der Waals surface area contributed by atoms with Gasteiger partial charge in [0.15, 0.2) is 0 Å². The van der Waals surface area contributed by atoms with Crippen molar-refractivity contribution in [2.75, 3.05) is 5.32 Å². The highest BCUT2D eigenvalue weighted by molar-refractivity contribution is 6.31. The molecule has 0 aromatic heterocycles. The zero-order valence-electron chi connectivity index (χ0n) is 10.4. The Kier molecular flexibility index (Phi) is 4.59. The third kappa shape index (κ3) is 3.59. The molecule has 0 aliphatic carbocycles. The quantitative estimate of drug-likeness (QED) is 0.646. The number of nitro benzene ring substituents is 1.